The maximum absolute atomic E-state index is 8.52. The first-order chi connectivity index (χ1) is 22.0. The molecule has 0 radical (unpaired) electrons. The Morgan fingerprint density at radius 3 is 1.66 bits per heavy atom. The Kier molecular flexibility index (Phi) is 4.04. The number of rotatable bonds is 3. The maximum Gasteiger partial charge on any atom is 0.240 e. The predicted molar refractivity (Wildman–Crippen MR) is 165 cm³/mol. The molecule has 0 spiro atoms. The van der Waals surface area contributed by atoms with Gasteiger partial charge in [0.25, 0.3) is 0 Å². The molecule has 4 aromatic carbocycles. The molecule has 0 bridgehead atoms. The Morgan fingerprint density at radius 1 is 0.553 bits per heavy atom. The lowest BCUT2D eigenvalue weighted by molar-refractivity contribution is -0.660. The quantitative estimate of drug-likeness (QED) is 0.261. The number of aromatic nitrogens is 1. The van der Waals surface area contributed by atoms with Gasteiger partial charge in [0, 0.05) is 30.0 Å². The minimum atomic E-state index is -2.59. The van der Waals surface area contributed by atoms with Crippen LogP contribution in [0, 0.1) is 34.4 Å². The Balaban J connectivity index is 1.81. The normalized spacial score (nSPS) is 16.9. The van der Waals surface area contributed by atoms with Gasteiger partial charge < -0.3 is 0 Å². The molecule has 0 amide bonds. The zero-order valence-corrected chi connectivity index (χ0v) is 21.8. The molecule has 1 nitrogen and oxygen atoms in total. The van der Waals surface area contributed by atoms with Crippen LogP contribution in [0.3, 0.4) is 0 Å². The molecule has 0 N–H and O–H groups in total. The second-order valence-electron chi connectivity index (χ2n) is 10.3. The van der Waals surface area contributed by atoms with Crippen molar-refractivity contribution in [2.45, 2.75) is 34.4 Å². The Bertz CT molecular complexity index is 1980. The summed E-state index contributed by atoms with van der Waals surface area (Å²) in [5.41, 5.74) is 7.92. The van der Waals surface area contributed by atoms with Crippen molar-refractivity contribution in [3.63, 3.8) is 0 Å². The molecular formula is C35H34B2N+. The van der Waals surface area contributed by atoms with Crippen molar-refractivity contribution in [1.82, 2.24) is 0 Å². The van der Waals surface area contributed by atoms with Gasteiger partial charge in [0.15, 0.2) is 6.20 Å². The minimum Gasteiger partial charge on any atom is -0.201 e. The van der Waals surface area contributed by atoms with Gasteiger partial charge in [-0.05, 0) is 46.0 Å². The van der Waals surface area contributed by atoms with Gasteiger partial charge in [-0.25, -0.2) is 4.57 Å². The fraction of sp³-hybridized carbons (Fsp3) is 0.171. The fourth-order valence-electron chi connectivity index (χ4n) is 6.26. The second kappa shape index (κ2) is 9.48. The Labute approximate surface area is 241 Å². The third-order valence-electron chi connectivity index (χ3n) is 8.01. The van der Waals surface area contributed by atoms with E-state index in [4.69, 9.17) is 12.3 Å². The van der Waals surface area contributed by atoms with Crippen LogP contribution in [0.1, 0.15) is 40.2 Å². The average Bonchev–Trinajstić information content (AvgIpc) is 2.98. The summed E-state index contributed by atoms with van der Waals surface area (Å²) in [6.45, 7) is -4.88. The highest BCUT2D eigenvalue weighted by Gasteiger charge is 2.41. The molecule has 0 fully saturated rings. The monoisotopic (exact) mass is 499 g/mol. The second-order valence-corrected chi connectivity index (χ2v) is 10.3. The zero-order chi connectivity index (χ0) is 34.1. The van der Waals surface area contributed by atoms with Crippen LogP contribution >= 0.6 is 0 Å². The third kappa shape index (κ3) is 3.84. The first-order valence-electron chi connectivity index (χ1n) is 17.4. The molecular weight excluding hydrogens is 456 g/mol. The van der Waals surface area contributed by atoms with Gasteiger partial charge in [-0.1, -0.05) is 128 Å². The van der Waals surface area contributed by atoms with Crippen LogP contribution in [0.2, 0.25) is 0 Å². The number of aryl methyl sites for hydroxylation is 6. The molecule has 0 aliphatic carbocycles. The number of hydrogen-bond acceptors (Lipinski definition) is 0. The minimum absolute atomic E-state index is 0.0122. The highest BCUT2D eigenvalue weighted by molar-refractivity contribution is 7.11. The van der Waals surface area contributed by atoms with Crippen molar-refractivity contribution in [3.05, 3.63) is 125 Å². The molecule has 0 saturated heterocycles. The van der Waals surface area contributed by atoms with Gasteiger partial charge in [-0.3, -0.25) is 0 Å². The topological polar surface area (TPSA) is 3.88 Å². The van der Waals surface area contributed by atoms with Crippen LogP contribution in [0.15, 0.2) is 97.2 Å². The summed E-state index contributed by atoms with van der Waals surface area (Å²) in [4.78, 5) is 0. The van der Waals surface area contributed by atoms with Crippen molar-refractivity contribution in [2.75, 3.05) is 0 Å². The molecule has 5 aromatic rings. The lowest BCUT2D eigenvalue weighted by atomic mass is 9.20. The molecule has 0 saturated carbocycles. The van der Waals surface area contributed by atoms with Crippen molar-refractivity contribution in [1.29, 1.82) is 0 Å². The van der Waals surface area contributed by atoms with Gasteiger partial charge in [0.1, 0.15) is 7.05 Å². The number of nitrogens with zero attached hydrogens (tertiary/aromatic N) is 1. The van der Waals surface area contributed by atoms with Gasteiger partial charge in [-0.15, -0.1) is 0 Å². The zero-order valence-electron chi connectivity index (χ0n) is 30.8. The van der Waals surface area contributed by atoms with Crippen LogP contribution in [-0.4, -0.2) is 13.4 Å². The number of pyridine rings is 1. The summed E-state index contributed by atoms with van der Waals surface area (Å²) < 4.78 is 78.6. The van der Waals surface area contributed by atoms with E-state index in [-0.39, 0.29) is 22.2 Å². The van der Waals surface area contributed by atoms with Gasteiger partial charge in [-0.2, -0.15) is 0 Å². The van der Waals surface area contributed by atoms with E-state index in [0.29, 0.717) is 5.46 Å². The summed E-state index contributed by atoms with van der Waals surface area (Å²) in [5, 5.41) is 0. The van der Waals surface area contributed by atoms with Gasteiger partial charge in [0.2, 0.25) is 19.1 Å². The molecule has 0 atom stereocenters. The molecule has 1 aliphatic rings. The largest absolute Gasteiger partial charge is 0.240 e. The fourth-order valence-corrected chi connectivity index (χ4v) is 6.26. The van der Waals surface area contributed by atoms with Gasteiger partial charge in [0.05, 0.1) is 0 Å². The standard InChI is InChI=1S/C35H34B2N/c1-23-13-11-14-24(2)34(23)36-29-17-7-8-18-30(29)37(35-25(3)15-12-16-26(35)4)32-22-28(27(5)21-31(32)36)33-19-9-10-20-38(33)6/h7-22H,1-6H3/q+1/i1D3,3D3,4D3. The molecule has 3 heteroatoms. The molecule has 38 heavy (non-hydrogen) atoms. The average molecular weight is 499 g/mol. The van der Waals surface area contributed by atoms with Crippen molar-refractivity contribution in [3.8, 4) is 11.3 Å². The van der Waals surface area contributed by atoms with Gasteiger partial charge >= 0.3 is 0 Å². The molecule has 1 aliphatic heterocycles. The molecule has 0 unspecified atom stereocenters. The third-order valence-corrected chi connectivity index (χ3v) is 8.01. The van der Waals surface area contributed by atoms with E-state index in [1.807, 2.05) is 80.2 Å². The van der Waals surface area contributed by atoms with Crippen LogP contribution in [0.4, 0.5) is 0 Å². The van der Waals surface area contributed by atoms with Crippen molar-refractivity contribution in [2.24, 2.45) is 7.05 Å². The van der Waals surface area contributed by atoms with Crippen LogP contribution in [-0.2, 0) is 7.05 Å². The molecule has 1 aromatic heterocycles. The molecule has 6 rings (SSSR count). The summed E-state index contributed by atoms with van der Waals surface area (Å²) in [6, 6.07) is 27.5. The Hall–Kier alpha value is -3.84. The molecule has 184 valence electrons. The summed E-state index contributed by atoms with van der Waals surface area (Å²) in [7, 11) is 1.95. The summed E-state index contributed by atoms with van der Waals surface area (Å²) >= 11 is 0. The first-order valence-corrected chi connectivity index (χ1v) is 12.9. The Morgan fingerprint density at radius 2 is 1.08 bits per heavy atom. The smallest absolute Gasteiger partial charge is 0.201 e. The lowest BCUT2D eigenvalue weighted by Crippen LogP contribution is -2.76. The van der Waals surface area contributed by atoms with E-state index in [9.17, 15) is 0 Å². The number of fused-ring (bicyclic) bond motifs is 2. The summed E-state index contributed by atoms with van der Waals surface area (Å²) in [5.74, 6) is 0. The first kappa shape index (κ1) is 16.2. The maximum atomic E-state index is 8.52. The number of hydrogen-bond donors (Lipinski definition) is 0. The van der Waals surface area contributed by atoms with Crippen LogP contribution in [0.25, 0.3) is 11.3 Å². The van der Waals surface area contributed by atoms with E-state index in [1.54, 1.807) is 12.1 Å². The predicted octanol–water partition coefficient (Wildman–Crippen LogP) is 3.07. The highest BCUT2D eigenvalue weighted by atomic mass is 14.9. The van der Waals surface area contributed by atoms with E-state index >= 15 is 0 Å². The van der Waals surface area contributed by atoms with Crippen molar-refractivity contribution < 1.29 is 16.9 Å². The SMILES string of the molecule is [2H]C([2H])([2H])c1cccc(C)c1B1c2ccccc2B(c2c(C([2H])([2H])[2H])cccc2C([2H])([2H])[2H])c2cc(-c3cccc[n+]3C)c(C)cc21. The van der Waals surface area contributed by atoms with Crippen LogP contribution < -0.4 is 37.3 Å². The lowest BCUT2D eigenvalue weighted by Gasteiger charge is -2.35. The molecule has 2 heterocycles. The van der Waals surface area contributed by atoms with Crippen molar-refractivity contribution >= 4 is 46.2 Å². The van der Waals surface area contributed by atoms with E-state index < -0.39 is 34.0 Å². The van der Waals surface area contributed by atoms with E-state index in [2.05, 4.69) is 12.1 Å². The van der Waals surface area contributed by atoms with E-state index in [0.717, 1.165) is 44.2 Å². The van der Waals surface area contributed by atoms with E-state index in [1.165, 1.54) is 18.2 Å². The summed E-state index contributed by atoms with van der Waals surface area (Å²) in [6.07, 6.45) is 1.95. The number of benzene rings is 4. The van der Waals surface area contributed by atoms with Crippen LogP contribution in [0.5, 0.6) is 0 Å². The highest BCUT2D eigenvalue weighted by Crippen LogP contribution is 2.20.